The van der Waals surface area contributed by atoms with Crippen molar-refractivity contribution < 1.29 is 0 Å². The van der Waals surface area contributed by atoms with Crippen LogP contribution in [0.1, 0.15) is 69.4 Å². The van der Waals surface area contributed by atoms with Gasteiger partial charge < -0.3 is 5.32 Å². The highest BCUT2D eigenvalue weighted by molar-refractivity contribution is 5.40. The van der Waals surface area contributed by atoms with Gasteiger partial charge in [-0.3, -0.25) is 0 Å². The van der Waals surface area contributed by atoms with Crippen LogP contribution in [0.2, 0.25) is 0 Å². The second kappa shape index (κ2) is 5.89. The number of nitrogens with one attached hydrogen (secondary N) is 1. The molecule has 1 saturated carbocycles. The summed E-state index contributed by atoms with van der Waals surface area (Å²) in [6, 6.07) is 9.76. The predicted octanol–water partition coefficient (Wildman–Crippen LogP) is 4.66. The lowest BCUT2D eigenvalue weighted by Crippen LogP contribution is -2.45. The fourth-order valence-corrected chi connectivity index (χ4v) is 4.68. The van der Waals surface area contributed by atoms with E-state index in [4.69, 9.17) is 0 Å². The van der Waals surface area contributed by atoms with Gasteiger partial charge in [0.2, 0.25) is 0 Å². The van der Waals surface area contributed by atoms with Gasteiger partial charge in [-0.1, -0.05) is 51.0 Å². The average Bonchev–Trinajstić information content (AvgIpc) is 2.93. The summed E-state index contributed by atoms with van der Waals surface area (Å²) in [6.45, 7) is 5.78. The van der Waals surface area contributed by atoms with Crippen LogP contribution in [0, 0.1) is 5.41 Å². The third-order valence-electron chi connectivity index (χ3n) is 5.97. The first-order valence-electron chi connectivity index (χ1n) is 8.60. The van der Waals surface area contributed by atoms with Gasteiger partial charge >= 0.3 is 0 Å². The first kappa shape index (κ1) is 14.1. The number of fused-ring (bicyclic) bond motifs is 1. The van der Waals surface area contributed by atoms with Crippen LogP contribution < -0.4 is 5.32 Å². The van der Waals surface area contributed by atoms with Gasteiger partial charge in [0.25, 0.3) is 0 Å². The minimum absolute atomic E-state index is 0.584. The highest BCUT2D eigenvalue weighted by Crippen LogP contribution is 2.48. The molecule has 0 saturated heterocycles. The fourth-order valence-electron chi connectivity index (χ4n) is 4.68. The Morgan fingerprint density at radius 3 is 2.60 bits per heavy atom. The minimum atomic E-state index is 0.584. The monoisotopic (exact) mass is 271 g/mol. The van der Waals surface area contributed by atoms with Crippen molar-refractivity contribution in [1.29, 1.82) is 0 Å². The standard InChI is InChI=1S/C19H29N/c1-3-19(11-7-8-12-19)18(20-4-2)14-16-13-15-9-5-6-10-17(15)16/h5-6,9-10,16,18,20H,3-4,7-8,11-14H2,1-2H3. The first-order chi connectivity index (χ1) is 9.79. The topological polar surface area (TPSA) is 12.0 Å². The number of hydrogen-bond donors (Lipinski definition) is 1. The van der Waals surface area contributed by atoms with Gasteiger partial charge in [0.1, 0.15) is 0 Å². The predicted molar refractivity (Wildman–Crippen MR) is 86.2 cm³/mol. The van der Waals surface area contributed by atoms with E-state index in [9.17, 15) is 0 Å². The molecular formula is C19H29N. The second-order valence-electron chi connectivity index (χ2n) is 6.87. The summed E-state index contributed by atoms with van der Waals surface area (Å²) in [7, 11) is 0. The van der Waals surface area contributed by atoms with Crippen LogP contribution in [-0.4, -0.2) is 12.6 Å². The van der Waals surface area contributed by atoms with Crippen molar-refractivity contribution in [2.75, 3.05) is 6.54 Å². The third-order valence-corrected chi connectivity index (χ3v) is 5.97. The lowest BCUT2D eigenvalue weighted by atomic mass is 9.67. The lowest BCUT2D eigenvalue weighted by Gasteiger charge is -2.42. The Balaban J connectivity index is 1.73. The van der Waals surface area contributed by atoms with E-state index in [0.717, 1.165) is 18.5 Å². The molecule has 2 aliphatic rings. The van der Waals surface area contributed by atoms with Gasteiger partial charge in [-0.25, -0.2) is 0 Å². The molecule has 110 valence electrons. The Morgan fingerprint density at radius 1 is 1.20 bits per heavy atom. The van der Waals surface area contributed by atoms with E-state index in [1.165, 1.54) is 44.9 Å². The molecule has 1 heteroatoms. The molecule has 0 radical (unpaired) electrons. The quantitative estimate of drug-likeness (QED) is 0.793. The Hall–Kier alpha value is -0.820. The van der Waals surface area contributed by atoms with Gasteiger partial charge in [-0.2, -0.15) is 0 Å². The number of hydrogen-bond acceptors (Lipinski definition) is 1. The van der Waals surface area contributed by atoms with Crippen LogP contribution in [0.5, 0.6) is 0 Å². The van der Waals surface area contributed by atoms with Gasteiger partial charge in [0.05, 0.1) is 0 Å². The molecule has 1 fully saturated rings. The van der Waals surface area contributed by atoms with Crippen molar-refractivity contribution in [3.8, 4) is 0 Å². The molecule has 0 heterocycles. The highest BCUT2D eigenvalue weighted by atomic mass is 14.9. The maximum Gasteiger partial charge on any atom is 0.0129 e. The normalized spacial score (nSPS) is 25.0. The molecule has 0 bridgehead atoms. The molecule has 1 nitrogen and oxygen atoms in total. The summed E-state index contributed by atoms with van der Waals surface area (Å²) in [5.74, 6) is 0.805. The van der Waals surface area contributed by atoms with Crippen LogP contribution >= 0.6 is 0 Å². The zero-order chi connectivity index (χ0) is 14.0. The van der Waals surface area contributed by atoms with Crippen LogP contribution in [0.15, 0.2) is 24.3 Å². The molecule has 2 atom stereocenters. The molecule has 0 aromatic heterocycles. The maximum atomic E-state index is 3.85. The van der Waals surface area contributed by atoms with Crippen molar-refractivity contribution in [2.45, 2.75) is 70.8 Å². The van der Waals surface area contributed by atoms with E-state index in [2.05, 4.69) is 43.4 Å². The average molecular weight is 271 g/mol. The Kier molecular flexibility index (Phi) is 4.16. The Labute approximate surface area is 124 Å². The number of rotatable bonds is 6. The van der Waals surface area contributed by atoms with E-state index in [-0.39, 0.29) is 0 Å². The van der Waals surface area contributed by atoms with Crippen molar-refractivity contribution in [3.05, 3.63) is 35.4 Å². The molecule has 2 aliphatic carbocycles. The molecule has 3 rings (SSSR count). The SMILES string of the molecule is CCNC(CC1Cc2ccccc21)C1(CC)CCCC1. The highest BCUT2D eigenvalue weighted by Gasteiger charge is 2.41. The van der Waals surface area contributed by atoms with Crippen molar-refractivity contribution in [3.63, 3.8) is 0 Å². The molecule has 1 aromatic rings. The fraction of sp³-hybridized carbons (Fsp3) is 0.684. The summed E-state index contributed by atoms with van der Waals surface area (Å²) >= 11 is 0. The summed E-state index contributed by atoms with van der Waals surface area (Å²) in [5.41, 5.74) is 3.80. The molecule has 1 aromatic carbocycles. The van der Waals surface area contributed by atoms with Crippen LogP contribution in [0.4, 0.5) is 0 Å². The number of benzene rings is 1. The zero-order valence-corrected chi connectivity index (χ0v) is 13.1. The Bertz CT molecular complexity index is 445. The molecule has 0 amide bonds. The van der Waals surface area contributed by atoms with Gasteiger partial charge in [0.15, 0.2) is 0 Å². The lowest BCUT2D eigenvalue weighted by molar-refractivity contribution is 0.167. The summed E-state index contributed by atoms with van der Waals surface area (Å²) < 4.78 is 0. The largest absolute Gasteiger partial charge is 0.314 e. The van der Waals surface area contributed by atoms with E-state index in [1.807, 2.05) is 0 Å². The van der Waals surface area contributed by atoms with Gasteiger partial charge in [-0.15, -0.1) is 0 Å². The van der Waals surface area contributed by atoms with Crippen LogP contribution in [0.25, 0.3) is 0 Å². The summed E-state index contributed by atoms with van der Waals surface area (Å²) in [6.07, 6.45) is 9.76. The minimum Gasteiger partial charge on any atom is -0.314 e. The van der Waals surface area contributed by atoms with Crippen molar-refractivity contribution >= 4 is 0 Å². The molecule has 0 spiro atoms. The molecule has 0 aliphatic heterocycles. The summed E-state index contributed by atoms with van der Waals surface area (Å²) in [5, 5.41) is 3.85. The first-order valence-corrected chi connectivity index (χ1v) is 8.60. The van der Waals surface area contributed by atoms with Crippen LogP contribution in [0.3, 0.4) is 0 Å². The van der Waals surface area contributed by atoms with E-state index in [1.54, 1.807) is 11.1 Å². The van der Waals surface area contributed by atoms with E-state index in [0.29, 0.717) is 5.41 Å². The van der Waals surface area contributed by atoms with Crippen molar-refractivity contribution in [1.82, 2.24) is 5.32 Å². The van der Waals surface area contributed by atoms with E-state index < -0.39 is 0 Å². The Morgan fingerprint density at radius 2 is 1.95 bits per heavy atom. The van der Waals surface area contributed by atoms with Gasteiger partial charge in [-0.05, 0) is 61.1 Å². The van der Waals surface area contributed by atoms with Crippen molar-refractivity contribution in [2.24, 2.45) is 5.41 Å². The molecular weight excluding hydrogens is 242 g/mol. The molecule has 20 heavy (non-hydrogen) atoms. The smallest absolute Gasteiger partial charge is 0.0129 e. The van der Waals surface area contributed by atoms with E-state index >= 15 is 0 Å². The molecule has 2 unspecified atom stereocenters. The summed E-state index contributed by atoms with van der Waals surface area (Å²) in [4.78, 5) is 0. The van der Waals surface area contributed by atoms with Crippen LogP contribution in [-0.2, 0) is 6.42 Å². The second-order valence-corrected chi connectivity index (χ2v) is 6.87. The molecule has 1 N–H and O–H groups in total. The maximum absolute atomic E-state index is 3.85. The third kappa shape index (κ3) is 2.41. The van der Waals surface area contributed by atoms with Gasteiger partial charge in [0, 0.05) is 6.04 Å². The zero-order valence-electron chi connectivity index (χ0n) is 13.1.